The largest absolute Gasteiger partial charge is 0.507 e. The summed E-state index contributed by atoms with van der Waals surface area (Å²) in [5.41, 5.74) is 0.707. The van der Waals surface area contributed by atoms with Gasteiger partial charge in [0.15, 0.2) is 0 Å². The molecule has 2 rings (SSSR count). The van der Waals surface area contributed by atoms with Crippen LogP contribution in [0.25, 0.3) is 11.0 Å². The molecule has 94 valence electrons. The van der Waals surface area contributed by atoms with E-state index in [2.05, 4.69) is 6.58 Å². The lowest BCUT2D eigenvalue weighted by molar-refractivity contribution is 0.174. The molecule has 0 unspecified atom stereocenters. The van der Waals surface area contributed by atoms with Crippen LogP contribution in [0.3, 0.4) is 0 Å². The van der Waals surface area contributed by atoms with E-state index in [0.717, 1.165) is 5.57 Å². The maximum Gasteiger partial charge on any atom is 0.336 e. The van der Waals surface area contributed by atoms with Gasteiger partial charge in [0.05, 0.1) is 11.7 Å². The molecular weight excluding hydrogens is 232 g/mol. The number of phenolic OH excluding ortho intramolecular Hbond substituents is 1. The molecular formula is C14H14O4. The van der Waals surface area contributed by atoms with Crippen molar-refractivity contribution in [2.24, 2.45) is 0 Å². The first-order valence-electron chi connectivity index (χ1n) is 5.57. The zero-order valence-corrected chi connectivity index (χ0v) is 10.0. The Kier molecular flexibility index (Phi) is 3.21. The highest BCUT2D eigenvalue weighted by Crippen LogP contribution is 2.34. The highest BCUT2D eigenvalue weighted by Gasteiger charge is 2.18. The van der Waals surface area contributed by atoms with Crippen molar-refractivity contribution in [3.8, 4) is 5.75 Å². The number of aromatic hydroxyl groups is 1. The molecule has 1 aromatic carbocycles. The summed E-state index contributed by atoms with van der Waals surface area (Å²) < 4.78 is 5.07. The number of hydrogen-bond donors (Lipinski definition) is 2. The van der Waals surface area contributed by atoms with Crippen LogP contribution in [-0.2, 0) is 0 Å². The van der Waals surface area contributed by atoms with Gasteiger partial charge < -0.3 is 14.6 Å². The van der Waals surface area contributed by atoms with Crippen molar-refractivity contribution in [1.29, 1.82) is 0 Å². The Morgan fingerprint density at radius 1 is 1.39 bits per heavy atom. The molecule has 0 aliphatic rings. The lowest BCUT2D eigenvalue weighted by atomic mass is 10.00. The second kappa shape index (κ2) is 4.66. The van der Waals surface area contributed by atoms with Crippen LogP contribution in [0, 0.1) is 0 Å². The topological polar surface area (TPSA) is 70.7 Å². The maximum atomic E-state index is 11.2. The monoisotopic (exact) mass is 246 g/mol. The number of fused-ring (bicyclic) bond motifs is 1. The normalized spacial score (nSPS) is 12.6. The van der Waals surface area contributed by atoms with E-state index in [9.17, 15) is 15.0 Å². The fourth-order valence-corrected chi connectivity index (χ4v) is 1.90. The van der Waals surface area contributed by atoms with Crippen LogP contribution in [0.5, 0.6) is 5.75 Å². The molecule has 4 heteroatoms. The Hall–Kier alpha value is -2.07. The van der Waals surface area contributed by atoms with E-state index in [0.29, 0.717) is 11.8 Å². The first kappa shape index (κ1) is 12.4. The number of aliphatic hydroxyl groups excluding tert-OH is 1. The average molecular weight is 246 g/mol. The van der Waals surface area contributed by atoms with E-state index in [1.54, 1.807) is 19.1 Å². The predicted octanol–water partition coefficient (Wildman–Crippen LogP) is 2.50. The van der Waals surface area contributed by atoms with Gasteiger partial charge in [-0.2, -0.15) is 0 Å². The van der Waals surface area contributed by atoms with Crippen molar-refractivity contribution >= 4 is 11.0 Å². The van der Waals surface area contributed by atoms with Gasteiger partial charge in [-0.25, -0.2) is 4.79 Å². The minimum absolute atomic E-state index is 0.0920. The van der Waals surface area contributed by atoms with E-state index in [-0.39, 0.29) is 16.9 Å². The summed E-state index contributed by atoms with van der Waals surface area (Å²) in [6, 6.07) is 6.00. The average Bonchev–Trinajstić information content (AvgIpc) is 2.27. The van der Waals surface area contributed by atoms with E-state index >= 15 is 0 Å². The van der Waals surface area contributed by atoms with Crippen LogP contribution in [-0.4, -0.2) is 10.2 Å². The summed E-state index contributed by atoms with van der Waals surface area (Å²) in [6.45, 7) is 5.49. The molecule has 0 bridgehead atoms. The smallest absolute Gasteiger partial charge is 0.336 e. The van der Waals surface area contributed by atoms with Gasteiger partial charge in [-0.3, -0.25) is 0 Å². The van der Waals surface area contributed by atoms with Gasteiger partial charge in [0.25, 0.3) is 0 Å². The molecule has 1 heterocycles. The minimum Gasteiger partial charge on any atom is -0.507 e. The molecule has 2 aromatic rings. The van der Waals surface area contributed by atoms with Crippen LogP contribution in [0.4, 0.5) is 0 Å². The Balaban J connectivity index is 2.67. The number of phenols is 1. The highest BCUT2D eigenvalue weighted by atomic mass is 16.4. The van der Waals surface area contributed by atoms with Gasteiger partial charge in [-0.15, -0.1) is 6.58 Å². The summed E-state index contributed by atoms with van der Waals surface area (Å²) in [5, 5.41) is 20.6. The Morgan fingerprint density at radius 3 is 2.72 bits per heavy atom. The molecule has 4 nitrogen and oxygen atoms in total. The fourth-order valence-electron chi connectivity index (χ4n) is 1.90. The lowest BCUT2D eigenvalue weighted by Gasteiger charge is -2.14. The Labute approximate surface area is 104 Å². The van der Waals surface area contributed by atoms with E-state index in [4.69, 9.17) is 4.42 Å². The summed E-state index contributed by atoms with van der Waals surface area (Å²) in [6.07, 6.45) is -0.651. The number of benzene rings is 1. The van der Waals surface area contributed by atoms with E-state index < -0.39 is 11.7 Å². The molecule has 1 aromatic heterocycles. The van der Waals surface area contributed by atoms with E-state index in [1.807, 2.05) is 0 Å². The molecule has 2 N–H and O–H groups in total. The third-order valence-electron chi connectivity index (χ3n) is 2.68. The SMILES string of the molecule is C=C(C)C[C@@H](O)c1c(O)ccc2ccc(=O)oc12. The minimum atomic E-state index is -0.947. The van der Waals surface area contributed by atoms with Crippen molar-refractivity contribution in [1.82, 2.24) is 0 Å². The van der Waals surface area contributed by atoms with Crippen LogP contribution in [0.2, 0.25) is 0 Å². The first-order chi connectivity index (χ1) is 8.49. The van der Waals surface area contributed by atoms with Crippen molar-refractivity contribution in [2.75, 3.05) is 0 Å². The van der Waals surface area contributed by atoms with Gasteiger partial charge in [-0.05, 0) is 31.5 Å². The van der Waals surface area contributed by atoms with Crippen LogP contribution >= 0.6 is 0 Å². The first-order valence-corrected chi connectivity index (χ1v) is 5.57. The van der Waals surface area contributed by atoms with Gasteiger partial charge in [-0.1, -0.05) is 5.57 Å². The van der Waals surface area contributed by atoms with Crippen molar-refractivity contribution in [2.45, 2.75) is 19.4 Å². The molecule has 18 heavy (non-hydrogen) atoms. The van der Waals surface area contributed by atoms with Crippen molar-refractivity contribution in [3.05, 3.63) is 52.4 Å². The molecule has 1 atom stereocenters. The quantitative estimate of drug-likeness (QED) is 0.644. The second-order valence-corrected chi connectivity index (χ2v) is 4.35. The van der Waals surface area contributed by atoms with Crippen molar-refractivity contribution in [3.63, 3.8) is 0 Å². The molecule has 0 amide bonds. The number of rotatable bonds is 3. The molecule has 0 saturated carbocycles. The van der Waals surface area contributed by atoms with Gasteiger partial charge in [0.2, 0.25) is 0 Å². The standard InChI is InChI=1S/C14H14O4/c1-8(2)7-11(16)13-10(15)5-3-9-4-6-12(17)18-14(9)13/h3-6,11,15-16H,1,7H2,2H3/t11-/m1/s1. The third kappa shape index (κ3) is 2.28. The molecule has 0 fully saturated rings. The highest BCUT2D eigenvalue weighted by molar-refractivity contribution is 5.82. The van der Waals surface area contributed by atoms with Crippen LogP contribution in [0.15, 0.2) is 45.6 Å². The maximum absolute atomic E-state index is 11.2. The van der Waals surface area contributed by atoms with Crippen LogP contribution < -0.4 is 5.63 Å². The second-order valence-electron chi connectivity index (χ2n) is 4.35. The number of aliphatic hydroxyl groups is 1. The molecule has 0 aliphatic heterocycles. The summed E-state index contributed by atoms with van der Waals surface area (Å²) in [5.74, 6) is -0.0920. The molecule has 0 saturated heterocycles. The number of hydrogen-bond acceptors (Lipinski definition) is 4. The zero-order valence-electron chi connectivity index (χ0n) is 10.0. The molecule has 0 aliphatic carbocycles. The fraction of sp³-hybridized carbons (Fsp3) is 0.214. The van der Waals surface area contributed by atoms with Crippen molar-refractivity contribution < 1.29 is 14.6 Å². The molecule has 0 spiro atoms. The Bertz CT molecular complexity index is 654. The van der Waals surface area contributed by atoms with Gasteiger partial charge in [0, 0.05) is 11.5 Å². The summed E-state index contributed by atoms with van der Waals surface area (Å²) in [7, 11) is 0. The summed E-state index contributed by atoms with van der Waals surface area (Å²) in [4.78, 5) is 11.2. The Morgan fingerprint density at radius 2 is 2.06 bits per heavy atom. The predicted molar refractivity (Wildman–Crippen MR) is 68.5 cm³/mol. The molecule has 0 radical (unpaired) electrons. The van der Waals surface area contributed by atoms with Gasteiger partial charge in [0.1, 0.15) is 11.3 Å². The van der Waals surface area contributed by atoms with Gasteiger partial charge >= 0.3 is 5.63 Å². The third-order valence-corrected chi connectivity index (χ3v) is 2.68. The van der Waals surface area contributed by atoms with E-state index in [1.165, 1.54) is 12.1 Å². The zero-order chi connectivity index (χ0) is 13.3. The lowest BCUT2D eigenvalue weighted by Crippen LogP contribution is -2.02. The summed E-state index contributed by atoms with van der Waals surface area (Å²) >= 11 is 0. The van der Waals surface area contributed by atoms with Crippen LogP contribution in [0.1, 0.15) is 25.0 Å².